The Balaban J connectivity index is 3.02. The second-order valence-electron chi connectivity index (χ2n) is 3.95. The Hall–Kier alpha value is -1.09. The molecule has 90 valence electrons. The van der Waals surface area contributed by atoms with Gasteiger partial charge in [0, 0.05) is 25.3 Å². The molecular formula is C13H23N3. The SMILES string of the molecule is CCCc1cc(CN)cc(N(CC)CC)n1. The van der Waals surface area contributed by atoms with E-state index in [-0.39, 0.29) is 0 Å². The van der Waals surface area contributed by atoms with Crippen LogP contribution in [0.2, 0.25) is 0 Å². The molecule has 0 aliphatic heterocycles. The van der Waals surface area contributed by atoms with E-state index in [1.807, 2.05) is 0 Å². The highest BCUT2D eigenvalue weighted by molar-refractivity contribution is 5.42. The summed E-state index contributed by atoms with van der Waals surface area (Å²) in [6.45, 7) is 9.05. The van der Waals surface area contributed by atoms with Crippen molar-refractivity contribution < 1.29 is 0 Å². The summed E-state index contributed by atoms with van der Waals surface area (Å²) in [5.74, 6) is 1.07. The smallest absolute Gasteiger partial charge is 0.129 e. The van der Waals surface area contributed by atoms with Crippen molar-refractivity contribution in [2.24, 2.45) is 5.73 Å². The van der Waals surface area contributed by atoms with E-state index in [4.69, 9.17) is 5.73 Å². The highest BCUT2D eigenvalue weighted by Gasteiger charge is 2.06. The number of pyridine rings is 1. The lowest BCUT2D eigenvalue weighted by molar-refractivity contribution is 0.817. The molecule has 1 heterocycles. The first-order valence-corrected chi connectivity index (χ1v) is 6.19. The van der Waals surface area contributed by atoms with Gasteiger partial charge in [-0.15, -0.1) is 0 Å². The molecule has 0 unspecified atom stereocenters. The predicted octanol–water partition coefficient (Wildman–Crippen LogP) is 2.34. The second kappa shape index (κ2) is 6.48. The first kappa shape index (κ1) is 13.0. The van der Waals surface area contributed by atoms with Gasteiger partial charge < -0.3 is 10.6 Å². The lowest BCUT2D eigenvalue weighted by Crippen LogP contribution is -2.23. The molecule has 0 aliphatic carbocycles. The van der Waals surface area contributed by atoms with E-state index >= 15 is 0 Å². The van der Waals surface area contributed by atoms with Crippen molar-refractivity contribution in [1.29, 1.82) is 0 Å². The fourth-order valence-electron chi connectivity index (χ4n) is 1.84. The van der Waals surface area contributed by atoms with E-state index in [9.17, 15) is 0 Å². The zero-order chi connectivity index (χ0) is 12.0. The maximum Gasteiger partial charge on any atom is 0.129 e. The Morgan fingerprint density at radius 3 is 2.38 bits per heavy atom. The molecule has 1 rings (SSSR count). The number of rotatable bonds is 6. The zero-order valence-electron chi connectivity index (χ0n) is 10.7. The van der Waals surface area contributed by atoms with Crippen LogP contribution in [0.3, 0.4) is 0 Å². The normalized spacial score (nSPS) is 10.5. The molecule has 0 aliphatic rings. The summed E-state index contributed by atoms with van der Waals surface area (Å²) in [5, 5.41) is 0. The second-order valence-corrected chi connectivity index (χ2v) is 3.95. The van der Waals surface area contributed by atoms with E-state index < -0.39 is 0 Å². The molecular weight excluding hydrogens is 198 g/mol. The lowest BCUT2D eigenvalue weighted by atomic mass is 10.1. The number of aryl methyl sites for hydroxylation is 1. The lowest BCUT2D eigenvalue weighted by Gasteiger charge is -2.21. The van der Waals surface area contributed by atoms with Crippen LogP contribution in [0, 0.1) is 0 Å². The molecule has 3 nitrogen and oxygen atoms in total. The van der Waals surface area contributed by atoms with E-state index in [0.717, 1.165) is 37.4 Å². The molecule has 0 spiro atoms. The molecule has 3 heteroatoms. The van der Waals surface area contributed by atoms with Crippen LogP contribution in [0.15, 0.2) is 12.1 Å². The first-order valence-electron chi connectivity index (χ1n) is 6.19. The number of hydrogen-bond donors (Lipinski definition) is 1. The molecule has 0 amide bonds. The van der Waals surface area contributed by atoms with Crippen LogP contribution in [0.5, 0.6) is 0 Å². The van der Waals surface area contributed by atoms with Crippen LogP contribution in [0.1, 0.15) is 38.4 Å². The third-order valence-corrected chi connectivity index (χ3v) is 2.75. The van der Waals surface area contributed by atoms with Gasteiger partial charge >= 0.3 is 0 Å². The highest BCUT2D eigenvalue weighted by atomic mass is 15.2. The fraction of sp³-hybridized carbons (Fsp3) is 0.615. The van der Waals surface area contributed by atoms with Gasteiger partial charge in [-0.05, 0) is 38.0 Å². The van der Waals surface area contributed by atoms with Crippen molar-refractivity contribution in [3.63, 3.8) is 0 Å². The fourth-order valence-corrected chi connectivity index (χ4v) is 1.84. The van der Waals surface area contributed by atoms with Gasteiger partial charge in [0.05, 0.1) is 0 Å². The molecule has 1 aromatic heterocycles. The molecule has 0 radical (unpaired) electrons. The summed E-state index contributed by atoms with van der Waals surface area (Å²) in [7, 11) is 0. The highest BCUT2D eigenvalue weighted by Crippen LogP contribution is 2.15. The van der Waals surface area contributed by atoms with Gasteiger partial charge in [-0.1, -0.05) is 13.3 Å². The van der Waals surface area contributed by atoms with E-state index in [1.165, 1.54) is 5.56 Å². The number of aromatic nitrogens is 1. The topological polar surface area (TPSA) is 42.1 Å². The minimum absolute atomic E-state index is 0.591. The van der Waals surface area contributed by atoms with E-state index in [2.05, 4.69) is 42.8 Å². The quantitative estimate of drug-likeness (QED) is 0.801. The van der Waals surface area contributed by atoms with Crippen LogP contribution >= 0.6 is 0 Å². The van der Waals surface area contributed by atoms with Crippen LogP contribution in [-0.2, 0) is 13.0 Å². The van der Waals surface area contributed by atoms with Gasteiger partial charge in [-0.25, -0.2) is 4.98 Å². The monoisotopic (exact) mass is 221 g/mol. The third-order valence-electron chi connectivity index (χ3n) is 2.75. The van der Waals surface area contributed by atoms with Crippen LogP contribution in [0.25, 0.3) is 0 Å². The van der Waals surface area contributed by atoms with Crippen molar-refractivity contribution in [3.05, 3.63) is 23.4 Å². The van der Waals surface area contributed by atoms with Gasteiger partial charge in [0.25, 0.3) is 0 Å². The Kier molecular flexibility index (Phi) is 5.26. The molecule has 0 atom stereocenters. The Labute approximate surface area is 98.7 Å². The Bertz CT molecular complexity index is 319. The molecule has 0 fully saturated rings. The number of nitrogens with zero attached hydrogens (tertiary/aromatic N) is 2. The van der Waals surface area contributed by atoms with E-state index in [1.54, 1.807) is 0 Å². The molecule has 0 saturated carbocycles. The third kappa shape index (κ3) is 3.20. The number of anilines is 1. The van der Waals surface area contributed by atoms with Crippen LogP contribution in [0.4, 0.5) is 5.82 Å². The van der Waals surface area contributed by atoms with Gasteiger partial charge in [0.15, 0.2) is 0 Å². The summed E-state index contributed by atoms with van der Waals surface area (Å²) < 4.78 is 0. The number of hydrogen-bond acceptors (Lipinski definition) is 3. The van der Waals surface area contributed by atoms with Gasteiger partial charge in [0.2, 0.25) is 0 Å². The summed E-state index contributed by atoms with van der Waals surface area (Å²) in [6.07, 6.45) is 2.15. The predicted molar refractivity (Wildman–Crippen MR) is 69.7 cm³/mol. The largest absolute Gasteiger partial charge is 0.357 e. The molecule has 0 aromatic carbocycles. The van der Waals surface area contributed by atoms with Gasteiger partial charge in [-0.2, -0.15) is 0 Å². The molecule has 16 heavy (non-hydrogen) atoms. The van der Waals surface area contributed by atoms with Crippen molar-refractivity contribution in [1.82, 2.24) is 4.98 Å². The Morgan fingerprint density at radius 1 is 1.19 bits per heavy atom. The van der Waals surface area contributed by atoms with Crippen molar-refractivity contribution in [2.75, 3.05) is 18.0 Å². The minimum Gasteiger partial charge on any atom is -0.357 e. The van der Waals surface area contributed by atoms with Crippen LogP contribution in [-0.4, -0.2) is 18.1 Å². The zero-order valence-corrected chi connectivity index (χ0v) is 10.7. The molecule has 0 saturated heterocycles. The van der Waals surface area contributed by atoms with Crippen molar-refractivity contribution in [2.45, 2.75) is 40.2 Å². The summed E-state index contributed by atoms with van der Waals surface area (Å²) in [5.41, 5.74) is 8.06. The molecule has 0 bridgehead atoms. The van der Waals surface area contributed by atoms with Gasteiger partial charge in [0.1, 0.15) is 5.82 Å². The summed E-state index contributed by atoms with van der Waals surface area (Å²) in [6, 6.07) is 4.22. The van der Waals surface area contributed by atoms with Gasteiger partial charge in [-0.3, -0.25) is 0 Å². The summed E-state index contributed by atoms with van der Waals surface area (Å²) >= 11 is 0. The average Bonchev–Trinajstić information content (AvgIpc) is 2.31. The molecule has 1 aromatic rings. The minimum atomic E-state index is 0.591. The maximum absolute atomic E-state index is 5.72. The van der Waals surface area contributed by atoms with Crippen molar-refractivity contribution >= 4 is 5.82 Å². The summed E-state index contributed by atoms with van der Waals surface area (Å²) in [4.78, 5) is 6.95. The Morgan fingerprint density at radius 2 is 1.88 bits per heavy atom. The number of nitrogens with two attached hydrogens (primary N) is 1. The van der Waals surface area contributed by atoms with E-state index in [0.29, 0.717) is 6.54 Å². The van der Waals surface area contributed by atoms with Crippen LogP contribution < -0.4 is 10.6 Å². The average molecular weight is 221 g/mol. The maximum atomic E-state index is 5.72. The van der Waals surface area contributed by atoms with Crippen molar-refractivity contribution in [3.8, 4) is 0 Å². The standard InChI is InChI=1S/C13H23N3/c1-4-7-12-8-11(10-14)9-13(15-12)16(5-2)6-3/h8-9H,4-7,10,14H2,1-3H3. The molecule has 2 N–H and O–H groups in total. The first-order chi connectivity index (χ1) is 7.74.